The van der Waals surface area contributed by atoms with E-state index in [9.17, 15) is 4.79 Å². The van der Waals surface area contributed by atoms with Crippen LogP contribution in [0.3, 0.4) is 0 Å². The van der Waals surface area contributed by atoms with E-state index in [-0.39, 0.29) is 5.91 Å². The monoisotopic (exact) mass is 257 g/mol. The van der Waals surface area contributed by atoms with Crippen LogP contribution in [0.25, 0.3) is 22.2 Å². The number of nitrogens with zero attached hydrogens (tertiary/aromatic N) is 1. The van der Waals surface area contributed by atoms with E-state index in [1.54, 1.807) is 0 Å². The fourth-order valence-corrected chi connectivity index (χ4v) is 2.65. The van der Waals surface area contributed by atoms with Gasteiger partial charge in [-0.25, -0.2) is 4.98 Å². The van der Waals surface area contributed by atoms with Gasteiger partial charge in [-0.05, 0) is 6.07 Å². The van der Waals surface area contributed by atoms with Gasteiger partial charge in [-0.1, -0.05) is 18.2 Å². The second-order valence-electron chi connectivity index (χ2n) is 3.97. The van der Waals surface area contributed by atoms with E-state index in [1.807, 2.05) is 29.8 Å². The number of H-pyrrole nitrogens is 1. The summed E-state index contributed by atoms with van der Waals surface area (Å²) in [6, 6.07) is 8.08. The second-order valence-corrected chi connectivity index (χ2v) is 4.83. The predicted octanol–water partition coefficient (Wildman–Crippen LogP) is 3.25. The van der Waals surface area contributed by atoms with Crippen molar-refractivity contribution in [2.24, 2.45) is 0 Å². The molecule has 0 bridgehead atoms. The maximum atomic E-state index is 11.0. The molecule has 90 valence electrons. The molecule has 0 spiro atoms. The number of hydrogen-bond acceptors (Lipinski definition) is 3. The second kappa shape index (κ2) is 4.27. The third kappa shape index (κ3) is 1.89. The van der Waals surface area contributed by atoms with Gasteiger partial charge in [0.25, 0.3) is 0 Å². The van der Waals surface area contributed by atoms with E-state index >= 15 is 0 Å². The number of fused-ring (bicyclic) bond motifs is 1. The van der Waals surface area contributed by atoms with Gasteiger partial charge in [-0.3, -0.25) is 4.79 Å². The molecule has 3 aromatic rings. The molecule has 2 N–H and O–H groups in total. The number of anilines is 1. The van der Waals surface area contributed by atoms with Gasteiger partial charge in [0, 0.05) is 35.0 Å². The van der Waals surface area contributed by atoms with E-state index in [2.05, 4.69) is 21.4 Å². The Morgan fingerprint density at radius 1 is 1.39 bits per heavy atom. The zero-order valence-electron chi connectivity index (χ0n) is 9.73. The van der Waals surface area contributed by atoms with Crippen LogP contribution in [0.4, 0.5) is 5.13 Å². The third-order valence-corrected chi connectivity index (χ3v) is 3.41. The van der Waals surface area contributed by atoms with Crippen molar-refractivity contribution in [2.75, 3.05) is 5.32 Å². The lowest BCUT2D eigenvalue weighted by molar-refractivity contribution is -0.114. The number of aromatic amines is 1. The summed E-state index contributed by atoms with van der Waals surface area (Å²) in [7, 11) is 0. The van der Waals surface area contributed by atoms with E-state index in [0.717, 1.165) is 22.2 Å². The number of carbonyl (C=O) groups excluding carboxylic acids is 1. The van der Waals surface area contributed by atoms with Crippen LogP contribution in [0, 0.1) is 0 Å². The highest BCUT2D eigenvalue weighted by Crippen LogP contribution is 2.30. The molecule has 0 aliphatic rings. The summed E-state index contributed by atoms with van der Waals surface area (Å²) in [6.45, 7) is 1.48. The summed E-state index contributed by atoms with van der Waals surface area (Å²) < 4.78 is 0. The normalized spacial score (nSPS) is 10.7. The molecule has 18 heavy (non-hydrogen) atoms. The highest BCUT2D eigenvalue weighted by molar-refractivity contribution is 7.14. The van der Waals surface area contributed by atoms with Crippen molar-refractivity contribution in [3.63, 3.8) is 0 Å². The highest BCUT2D eigenvalue weighted by atomic mass is 32.1. The van der Waals surface area contributed by atoms with E-state index in [4.69, 9.17) is 0 Å². The Morgan fingerprint density at radius 2 is 2.22 bits per heavy atom. The van der Waals surface area contributed by atoms with Gasteiger partial charge in [-0.15, -0.1) is 11.3 Å². The molecule has 0 atom stereocenters. The van der Waals surface area contributed by atoms with Crippen molar-refractivity contribution in [1.29, 1.82) is 0 Å². The van der Waals surface area contributed by atoms with Crippen LogP contribution in [0.15, 0.2) is 35.8 Å². The van der Waals surface area contributed by atoms with Gasteiger partial charge in [0.15, 0.2) is 5.13 Å². The third-order valence-electron chi connectivity index (χ3n) is 2.65. The van der Waals surface area contributed by atoms with Crippen molar-refractivity contribution in [3.8, 4) is 11.3 Å². The lowest BCUT2D eigenvalue weighted by Gasteiger charge is -1.95. The number of rotatable bonds is 2. The molecule has 2 aromatic heterocycles. The minimum atomic E-state index is -0.102. The molecule has 4 nitrogen and oxygen atoms in total. The number of nitrogens with one attached hydrogen (secondary N) is 2. The number of amides is 1. The Kier molecular flexibility index (Phi) is 2.60. The molecule has 1 aromatic carbocycles. The van der Waals surface area contributed by atoms with Crippen LogP contribution in [0.1, 0.15) is 6.92 Å². The van der Waals surface area contributed by atoms with Crippen molar-refractivity contribution in [1.82, 2.24) is 9.97 Å². The summed E-state index contributed by atoms with van der Waals surface area (Å²) in [5, 5.41) is 6.40. The summed E-state index contributed by atoms with van der Waals surface area (Å²) in [4.78, 5) is 18.6. The summed E-state index contributed by atoms with van der Waals surface area (Å²) >= 11 is 1.43. The van der Waals surface area contributed by atoms with Crippen molar-refractivity contribution >= 4 is 33.3 Å². The van der Waals surface area contributed by atoms with Gasteiger partial charge in [-0.2, -0.15) is 0 Å². The Labute approximate surface area is 108 Å². The van der Waals surface area contributed by atoms with Gasteiger partial charge in [0.1, 0.15) is 0 Å². The Morgan fingerprint density at radius 3 is 3.06 bits per heavy atom. The van der Waals surface area contributed by atoms with Gasteiger partial charge in [0.2, 0.25) is 5.91 Å². The Bertz CT molecular complexity index is 714. The smallest absolute Gasteiger partial charge is 0.223 e. The Hall–Kier alpha value is -2.14. The van der Waals surface area contributed by atoms with Crippen LogP contribution < -0.4 is 5.32 Å². The quantitative estimate of drug-likeness (QED) is 0.740. The molecule has 2 heterocycles. The van der Waals surface area contributed by atoms with E-state index < -0.39 is 0 Å². The number of para-hydroxylation sites is 1. The van der Waals surface area contributed by atoms with E-state index in [0.29, 0.717) is 5.13 Å². The van der Waals surface area contributed by atoms with E-state index in [1.165, 1.54) is 18.3 Å². The molecule has 0 aliphatic carbocycles. The van der Waals surface area contributed by atoms with Crippen LogP contribution in [-0.4, -0.2) is 15.9 Å². The Balaban J connectivity index is 2.04. The standard InChI is InChI=1S/C13H11N3OS/c1-8(17)15-13-16-12(7-18-13)10-6-14-11-5-3-2-4-9(10)11/h2-7,14H,1H3,(H,15,16,17). The molecule has 5 heteroatoms. The minimum absolute atomic E-state index is 0.102. The lowest BCUT2D eigenvalue weighted by Crippen LogP contribution is -2.04. The molecule has 3 rings (SSSR count). The zero-order valence-corrected chi connectivity index (χ0v) is 10.5. The summed E-state index contributed by atoms with van der Waals surface area (Å²) in [5.74, 6) is -0.102. The lowest BCUT2D eigenvalue weighted by atomic mass is 10.1. The van der Waals surface area contributed by atoms with Crippen LogP contribution in [0.5, 0.6) is 0 Å². The molecule has 0 saturated heterocycles. The first-order chi connectivity index (χ1) is 8.74. The molecule has 0 unspecified atom stereocenters. The summed E-state index contributed by atoms with van der Waals surface area (Å²) in [6.07, 6.45) is 1.94. The maximum absolute atomic E-state index is 11.0. The molecular formula is C13H11N3OS. The first kappa shape index (κ1) is 11.0. The molecule has 0 fully saturated rings. The van der Waals surface area contributed by atoms with Gasteiger partial charge >= 0.3 is 0 Å². The maximum Gasteiger partial charge on any atom is 0.223 e. The van der Waals surface area contributed by atoms with Crippen molar-refractivity contribution in [3.05, 3.63) is 35.8 Å². The number of benzene rings is 1. The fraction of sp³-hybridized carbons (Fsp3) is 0.0769. The van der Waals surface area contributed by atoms with Gasteiger partial charge in [0.05, 0.1) is 5.69 Å². The fourth-order valence-electron chi connectivity index (χ4n) is 1.89. The zero-order chi connectivity index (χ0) is 12.5. The SMILES string of the molecule is CC(=O)Nc1nc(-c2c[nH]c3ccccc23)cs1. The van der Waals surface area contributed by atoms with Crippen molar-refractivity contribution in [2.45, 2.75) is 6.92 Å². The van der Waals surface area contributed by atoms with Crippen LogP contribution >= 0.6 is 11.3 Å². The average Bonchev–Trinajstić information content (AvgIpc) is 2.94. The van der Waals surface area contributed by atoms with Crippen LogP contribution in [0.2, 0.25) is 0 Å². The highest BCUT2D eigenvalue weighted by Gasteiger charge is 2.09. The first-order valence-electron chi connectivity index (χ1n) is 5.53. The predicted molar refractivity (Wildman–Crippen MR) is 73.7 cm³/mol. The van der Waals surface area contributed by atoms with Crippen LogP contribution in [-0.2, 0) is 4.79 Å². The number of carbonyl (C=O) groups is 1. The molecular weight excluding hydrogens is 246 g/mol. The largest absolute Gasteiger partial charge is 0.360 e. The number of thiazole rings is 1. The first-order valence-corrected chi connectivity index (χ1v) is 6.41. The molecule has 1 amide bonds. The molecule has 0 aliphatic heterocycles. The topological polar surface area (TPSA) is 57.8 Å². The summed E-state index contributed by atoms with van der Waals surface area (Å²) in [5.41, 5.74) is 3.02. The molecule has 0 saturated carbocycles. The number of aromatic nitrogens is 2. The van der Waals surface area contributed by atoms with Crippen molar-refractivity contribution < 1.29 is 4.79 Å². The molecule has 0 radical (unpaired) electrons. The minimum Gasteiger partial charge on any atom is -0.360 e. The van der Waals surface area contributed by atoms with Gasteiger partial charge < -0.3 is 10.3 Å². The average molecular weight is 257 g/mol. The number of hydrogen-bond donors (Lipinski definition) is 2.